The van der Waals surface area contributed by atoms with Gasteiger partial charge in [0.15, 0.2) is 0 Å². The molecule has 7 nitrogen and oxygen atoms in total. The van der Waals surface area contributed by atoms with Crippen LogP contribution >= 0.6 is 0 Å². The molecular weight excluding hydrogens is 350 g/mol. The van der Waals surface area contributed by atoms with Gasteiger partial charge in [-0.3, -0.25) is 9.67 Å². The molecule has 0 aromatic carbocycles. The van der Waals surface area contributed by atoms with Crippen molar-refractivity contribution in [3.8, 4) is 11.4 Å². The van der Waals surface area contributed by atoms with E-state index in [9.17, 15) is 8.42 Å². The van der Waals surface area contributed by atoms with E-state index in [0.717, 1.165) is 42.8 Å². The molecule has 2 aromatic heterocycles. The second kappa shape index (κ2) is 7.85. The van der Waals surface area contributed by atoms with Crippen molar-refractivity contribution in [3.05, 3.63) is 36.2 Å². The Labute approximate surface area is 155 Å². The van der Waals surface area contributed by atoms with E-state index >= 15 is 0 Å². The highest BCUT2D eigenvalue weighted by atomic mass is 32.2. The maximum atomic E-state index is 12.5. The van der Waals surface area contributed by atoms with Gasteiger partial charge >= 0.3 is 0 Å². The summed E-state index contributed by atoms with van der Waals surface area (Å²) >= 11 is 0. The van der Waals surface area contributed by atoms with Crippen molar-refractivity contribution in [2.75, 3.05) is 27.2 Å². The number of piperidine rings is 1. The summed E-state index contributed by atoms with van der Waals surface area (Å²) in [6.45, 7) is 4.07. The molecule has 26 heavy (non-hydrogen) atoms. The minimum Gasteiger partial charge on any atom is -0.263 e. The quantitative estimate of drug-likeness (QED) is 0.775. The molecule has 0 radical (unpaired) electrons. The van der Waals surface area contributed by atoms with Gasteiger partial charge in [-0.15, -0.1) is 0 Å². The van der Waals surface area contributed by atoms with Crippen LogP contribution in [0, 0.1) is 0 Å². The average molecular weight is 378 g/mol. The van der Waals surface area contributed by atoms with Crippen LogP contribution in [0.1, 0.15) is 37.7 Å². The van der Waals surface area contributed by atoms with E-state index in [1.54, 1.807) is 24.6 Å². The molecule has 1 saturated heterocycles. The normalized spacial score (nSPS) is 19.2. The second-order valence-corrected chi connectivity index (χ2v) is 9.04. The third-order valence-corrected chi connectivity index (χ3v) is 6.75. The van der Waals surface area contributed by atoms with E-state index < -0.39 is 10.2 Å². The third-order valence-electron chi connectivity index (χ3n) is 4.84. The molecule has 0 spiro atoms. The number of hydrogen-bond donors (Lipinski definition) is 0. The summed E-state index contributed by atoms with van der Waals surface area (Å²) in [5.41, 5.74) is 3.03. The van der Waals surface area contributed by atoms with Crippen molar-refractivity contribution in [1.29, 1.82) is 0 Å². The first kappa shape index (κ1) is 19.0. The molecule has 3 rings (SSSR count). The maximum Gasteiger partial charge on any atom is 0.281 e. The van der Waals surface area contributed by atoms with Crippen molar-refractivity contribution in [2.45, 2.75) is 38.6 Å². The van der Waals surface area contributed by atoms with Crippen LogP contribution in [-0.4, -0.2) is 59.0 Å². The van der Waals surface area contributed by atoms with E-state index in [1.807, 2.05) is 23.0 Å². The Kier molecular flexibility index (Phi) is 5.74. The van der Waals surface area contributed by atoms with Crippen LogP contribution in [0.15, 0.2) is 30.6 Å². The summed E-state index contributed by atoms with van der Waals surface area (Å²) in [4.78, 5) is 4.51. The predicted molar refractivity (Wildman–Crippen MR) is 102 cm³/mol. The Balaban J connectivity index is 1.85. The van der Waals surface area contributed by atoms with Crippen molar-refractivity contribution >= 4 is 10.2 Å². The molecule has 0 bridgehead atoms. The first-order valence-corrected chi connectivity index (χ1v) is 10.5. The highest BCUT2D eigenvalue weighted by Gasteiger charge is 2.31. The standard InChI is InChI=1S/C18H27N5O2S/c1-4-11-23-18(8-10-20-23)17-13-15(7-9-19-17)16-6-5-12-22(14-16)26(24,25)21(2)3/h7-10,13,16H,4-6,11-12,14H2,1-3H3/t16-/m0/s1. The first-order chi connectivity index (χ1) is 12.4. The lowest BCUT2D eigenvalue weighted by Gasteiger charge is -2.33. The van der Waals surface area contributed by atoms with Gasteiger partial charge in [0.2, 0.25) is 0 Å². The number of rotatable bonds is 6. The summed E-state index contributed by atoms with van der Waals surface area (Å²) in [5.74, 6) is 0.183. The fourth-order valence-electron chi connectivity index (χ4n) is 3.44. The van der Waals surface area contributed by atoms with Gasteiger partial charge in [-0.05, 0) is 48.9 Å². The second-order valence-electron chi connectivity index (χ2n) is 6.90. The minimum absolute atomic E-state index is 0.183. The predicted octanol–water partition coefficient (Wildman–Crippen LogP) is 2.34. The molecule has 142 valence electrons. The van der Waals surface area contributed by atoms with Crippen molar-refractivity contribution in [2.24, 2.45) is 0 Å². The molecule has 1 aliphatic rings. The summed E-state index contributed by atoms with van der Waals surface area (Å²) in [7, 11) is -0.208. The molecule has 0 saturated carbocycles. The van der Waals surface area contributed by atoms with Gasteiger partial charge < -0.3 is 0 Å². The Morgan fingerprint density at radius 1 is 1.27 bits per heavy atom. The fraction of sp³-hybridized carbons (Fsp3) is 0.556. The van der Waals surface area contributed by atoms with Crippen molar-refractivity contribution in [1.82, 2.24) is 23.4 Å². The summed E-state index contributed by atoms with van der Waals surface area (Å²) in [5, 5.41) is 4.37. The van der Waals surface area contributed by atoms with Gasteiger partial charge in [-0.2, -0.15) is 22.1 Å². The lowest BCUT2D eigenvalue weighted by Crippen LogP contribution is -2.44. The number of pyridine rings is 1. The van der Waals surface area contributed by atoms with Gasteiger partial charge in [0.1, 0.15) is 0 Å². The van der Waals surface area contributed by atoms with Crippen molar-refractivity contribution < 1.29 is 8.42 Å². The van der Waals surface area contributed by atoms with Gasteiger partial charge in [0.05, 0.1) is 11.4 Å². The lowest BCUT2D eigenvalue weighted by atomic mass is 9.91. The zero-order valence-electron chi connectivity index (χ0n) is 15.7. The topological polar surface area (TPSA) is 71.3 Å². The van der Waals surface area contributed by atoms with Gasteiger partial charge in [-0.1, -0.05) is 6.92 Å². The van der Waals surface area contributed by atoms with E-state index in [-0.39, 0.29) is 5.92 Å². The zero-order chi connectivity index (χ0) is 18.7. The SMILES string of the molecule is CCCn1nccc1-c1cc([C@H]2CCCN(S(=O)(=O)N(C)C)C2)ccn1. The van der Waals surface area contributed by atoms with Gasteiger partial charge in [0, 0.05) is 46.1 Å². The number of aryl methyl sites for hydroxylation is 1. The molecule has 0 amide bonds. The molecule has 1 fully saturated rings. The summed E-state index contributed by atoms with van der Waals surface area (Å²) < 4.78 is 29.8. The number of aromatic nitrogens is 3. The van der Waals surface area contributed by atoms with Crippen LogP contribution in [0.5, 0.6) is 0 Å². The molecule has 0 unspecified atom stereocenters. The molecular formula is C18H27N5O2S. The Bertz CT molecular complexity index is 847. The van der Waals surface area contributed by atoms with Crippen LogP contribution in [0.25, 0.3) is 11.4 Å². The Hall–Kier alpha value is -1.77. The van der Waals surface area contributed by atoms with Crippen LogP contribution in [0.3, 0.4) is 0 Å². The van der Waals surface area contributed by atoms with E-state index in [0.29, 0.717) is 13.1 Å². The van der Waals surface area contributed by atoms with E-state index in [1.165, 1.54) is 4.31 Å². The Morgan fingerprint density at radius 2 is 2.08 bits per heavy atom. The monoisotopic (exact) mass is 377 g/mol. The highest BCUT2D eigenvalue weighted by Crippen LogP contribution is 2.30. The lowest BCUT2D eigenvalue weighted by molar-refractivity contribution is 0.298. The van der Waals surface area contributed by atoms with Gasteiger partial charge in [0.25, 0.3) is 10.2 Å². The van der Waals surface area contributed by atoms with Gasteiger partial charge in [-0.25, -0.2) is 0 Å². The van der Waals surface area contributed by atoms with E-state index in [2.05, 4.69) is 23.1 Å². The van der Waals surface area contributed by atoms with Crippen molar-refractivity contribution in [3.63, 3.8) is 0 Å². The summed E-state index contributed by atoms with van der Waals surface area (Å²) in [6.07, 6.45) is 6.47. The van der Waals surface area contributed by atoms with Crippen LogP contribution in [-0.2, 0) is 16.8 Å². The average Bonchev–Trinajstić information content (AvgIpc) is 3.10. The van der Waals surface area contributed by atoms with Crippen LogP contribution in [0.4, 0.5) is 0 Å². The third kappa shape index (κ3) is 3.82. The smallest absolute Gasteiger partial charge is 0.263 e. The molecule has 2 aromatic rings. The molecule has 1 atom stereocenters. The molecule has 0 aliphatic carbocycles. The Morgan fingerprint density at radius 3 is 2.81 bits per heavy atom. The van der Waals surface area contributed by atoms with E-state index in [4.69, 9.17) is 0 Å². The first-order valence-electron chi connectivity index (χ1n) is 9.09. The largest absolute Gasteiger partial charge is 0.281 e. The molecule has 1 aliphatic heterocycles. The molecule has 8 heteroatoms. The van der Waals surface area contributed by atoms with Crippen LogP contribution in [0.2, 0.25) is 0 Å². The van der Waals surface area contributed by atoms with Crippen LogP contribution < -0.4 is 0 Å². The number of hydrogen-bond acceptors (Lipinski definition) is 4. The zero-order valence-corrected chi connectivity index (χ0v) is 16.5. The fourth-order valence-corrected chi connectivity index (χ4v) is 4.63. The maximum absolute atomic E-state index is 12.5. The molecule has 0 N–H and O–H groups in total. The summed E-state index contributed by atoms with van der Waals surface area (Å²) in [6, 6.07) is 6.06. The minimum atomic E-state index is -3.37. The molecule has 3 heterocycles. The number of nitrogens with zero attached hydrogens (tertiary/aromatic N) is 5. The highest BCUT2D eigenvalue weighted by molar-refractivity contribution is 7.86.